The van der Waals surface area contributed by atoms with E-state index in [9.17, 15) is 0 Å². The van der Waals surface area contributed by atoms with Crippen LogP contribution in [0.4, 0.5) is 0 Å². The number of hydrogen-bond acceptors (Lipinski definition) is 1. The van der Waals surface area contributed by atoms with Gasteiger partial charge in [-0.25, -0.2) is 0 Å². The lowest BCUT2D eigenvalue weighted by Crippen LogP contribution is -2.25. The minimum Gasteiger partial charge on any atom is -0.309 e. The summed E-state index contributed by atoms with van der Waals surface area (Å²) in [6.45, 7) is 0. The quantitative estimate of drug-likeness (QED) is 0.208. The first-order chi connectivity index (χ1) is 18.7. The Bertz CT molecular complexity index is 1520. The van der Waals surface area contributed by atoms with Crippen LogP contribution in [0, 0.1) is 0 Å². The Balaban J connectivity index is 1.57. The van der Waals surface area contributed by atoms with Crippen molar-refractivity contribution in [3.63, 3.8) is 0 Å². The highest BCUT2D eigenvalue weighted by Crippen LogP contribution is 2.44. The molecule has 0 fully saturated rings. The van der Waals surface area contributed by atoms with Crippen LogP contribution in [0.2, 0.25) is 0 Å². The average molecular weight is 507 g/mol. The van der Waals surface area contributed by atoms with Crippen molar-refractivity contribution in [2.45, 2.75) is 0 Å². The minimum atomic E-state index is -3.22. The molecule has 0 radical (unpaired) electrons. The molecule has 182 valence electrons. The molecule has 0 aliphatic rings. The zero-order chi connectivity index (χ0) is 25.8. The summed E-state index contributed by atoms with van der Waals surface area (Å²) in [5.74, 6) is 0. The summed E-state index contributed by atoms with van der Waals surface area (Å²) in [7, 11) is -3.22. The van der Waals surface area contributed by atoms with Gasteiger partial charge in [0, 0.05) is 15.9 Å². The van der Waals surface area contributed by atoms with E-state index in [1.807, 2.05) is 91.0 Å². The van der Waals surface area contributed by atoms with Gasteiger partial charge in [0.15, 0.2) is 7.14 Å². The Morgan fingerprint density at radius 1 is 0.289 bits per heavy atom. The van der Waals surface area contributed by atoms with E-state index in [0.29, 0.717) is 0 Å². The molecule has 0 unspecified atom stereocenters. The fourth-order valence-electron chi connectivity index (χ4n) is 4.98. The van der Waals surface area contributed by atoms with Crippen LogP contribution < -0.4 is 15.9 Å². The summed E-state index contributed by atoms with van der Waals surface area (Å²) in [5, 5.41) is 2.48. The monoisotopic (exact) mass is 506 g/mol. The average Bonchev–Trinajstić information content (AvgIpc) is 3.02. The summed E-state index contributed by atoms with van der Waals surface area (Å²) >= 11 is 0. The molecule has 0 spiro atoms. The van der Waals surface area contributed by atoms with Gasteiger partial charge in [-0.2, -0.15) is 0 Å². The van der Waals surface area contributed by atoms with E-state index in [1.54, 1.807) is 0 Å². The fourth-order valence-corrected chi connectivity index (χ4v) is 7.73. The predicted octanol–water partition coefficient (Wildman–Crippen LogP) is 8.33. The molecule has 0 aromatic heterocycles. The van der Waals surface area contributed by atoms with E-state index in [1.165, 1.54) is 0 Å². The standard InChI is InChI=1S/C36H27OP/c37-38(34-22-10-19-31(25-34)28-13-4-1-5-14-28,35-23-11-20-32(26-35)29-15-6-2-7-16-29)36-24-12-21-33(27-36)30-17-8-3-9-18-30/h1-27H. The minimum absolute atomic E-state index is 0.828. The van der Waals surface area contributed by atoms with E-state index >= 15 is 4.57 Å². The maximum atomic E-state index is 15.6. The van der Waals surface area contributed by atoms with Gasteiger partial charge in [-0.05, 0) is 51.6 Å². The van der Waals surface area contributed by atoms with E-state index in [4.69, 9.17) is 0 Å². The van der Waals surface area contributed by atoms with E-state index in [-0.39, 0.29) is 0 Å². The molecule has 1 nitrogen and oxygen atoms in total. The molecule has 0 N–H and O–H groups in total. The van der Waals surface area contributed by atoms with Crippen molar-refractivity contribution in [1.82, 2.24) is 0 Å². The first-order valence-electron chi connectivity index (χ1n) is 12.8. The third kappa shape index (κ3) is 4.65. The highest BCUT2D eigenvalue weighted by atomic mass is 31.2. The summed E-state index contributed by atoms with van der Waals surface area (Å²) in [6, 6.07) is 55.5. The second kappa shape index (κ2) is 10.5. The van der Waals surface area contributed by atoms with Gasteiger partial charge in [0.25, 0.3) is 0 Å². The van der Waals surface area contributed by atoms with Gasteiger partial charge in [-0.3, -0.25) is 0 Å². The second-order valence-corrected chi connectivity index (χ2v) is 12.1. The molecule has 0 aliphatic heterocycles. The van der Waals surface area contributed by atoms with Crippen LogP contribution in [0.3, 0.4) is 0 Å². The van der Waals surface area contributed by atoms with Crippen molar-refractivity contribution in [3.05, 3.63) is 164 Å². The zero-order valence-corrected chi connectivity index (χ0v) is 21.8. The lowest BCUT2D eigenvalue weighted by molar-refractivity contribution is 0.592. The molecule has 0 bridgehead atoms. The normalized spacial score (nSPS) is 11.3. The van der Waals surface area contributed by atoms with Crippen molar-refractivity contribution in [1.29, 1.82) is 0 Å². The van der Waals surface area contributed by atoms with Crippen LogP contribution in [-0.2, 0) is 4.57 Å². The molecule has 6 aromatic carbocycles. The maximum Gasteiger partial charge on any atom is 0.171 e. The molecule has 0 atom stereocenters. The molecular weight excluding hydrogens is 479 g/mol. The summed E-state index contributed by atoms with van der Waals surface area (Å²) in [4.78, 5) is 0. The van der Waals surface area contributed by atoms with Crippen molar-refractivity contribution >= 4 is 23.1 Å². The van der Waals surface area contributed by atoms with Gasteiger partial charge < -0.3 is 4.57 Å². The molecule has 6 aromatic rings. The van der Waals surface area contributed by atoms with Crippen LogP contribution >= 0.6 is 7.14 Å². The van der Waals surface area contributed by atoms with Crippen molar-refractivity contribution in [2.75, 3.05) is 0 Å². The molecule has 0 heterocycles. The second-order valence-electron chi connectivity index (χ2n) is 9.36. The van der Waals surface area contributed by atoms with Crippen LogP contribution in [0.15, 0.2) is 164 Å². The predicted molar refractivity (Wildman–Crippen MR) is 162 cm³/mol. The highest BCUT2D eigenvalue weighted by molar-refractivity contribution is 7.85. The smallest absolute Gasteiger partial charge is 0.171 e. The SMILES string of the molecule is O=P(c1cccc(-c2ccccc2)c1)(c1cccc(-c2ccccc2)c1)c1cccc(-c2ccccc2)c1. The fraction of sp³-hybridized carbons (Fsp3) is 0. The summed E-state index contributed by atoms with van der Waals surface area (Å²) < 4.78 is 15.6. The maximum absolute atomic E-state index is 15.6. The Labute approximate surface area is 224 Å². The van der Waals surface area contributed by atoms with E-state index < -0.39 is 7.14 Å². The Kier molecular flexibility index (Phi) is 6.61. The van der Waals surface area contributed by atoms with Gasteiger partial charge >= 0.3 is 0 Å². The Hall–Kier alpha value is -4.45. The largest absolute Gasteiger partial charge is 0.309 e. The van der Waals surface area contributed by atoms with Crippen molar-refractivity contribution in [2.24, 2.45) is 0 Å². The van der Waals surface area contributed by atoms with Gasteiger partial charge in [0.2, 0.25) is 0 Å². The summed E-state index contributed by atoms with van der Waals surface area (Å²) in [6.07, 6.45) is 0. The lowest BCUT2D eigenvalue weighted by Gasteiger charge is -2.22. The highest BCUT2D eigenvalue weighted by Gasteiger charge is 2.31. The zero-order valence-electron chi connectivity index (χ0n) is 20.9. The van der Waals surface area contributed by atoms with E-state index in [2.05, 4.69) is 72.8 Å². The van der Waals surface area contributed by atoms with Gasteiger partial charge in [0.1, 0.15) is 0 Å². The topological polar surface area (TPSA) is 17.1 Å². The third-order valence-corrected chi connectivity index (χ3v) is 9.97. The van der Waals surface area contributed by atoms with Crippen molar-refractivity contribution in [3.8, 4) is 33.4 Å². The molecular formula is C36H27OP. The molecule has 38 heavy (non-hydrogen) atoms. The van der Waals surface area contributed by atoms with Crippen molar-refractivity contribution < 1.29 is 4.57 Å². The number of benzene rings is 6. The van der Waals surface area contributed by atoms with Crippen LogP contribution in [0.1, 0.15) is 0 Å². The molecule has 0 saturated carbocycles. The third-order valence-electron chi connectivity index (χ3n) is 6.95. The Morgan fingerprint density at radius 3 is 0.842 bits per heavy atom. The number of hydrogen-bond donors (Lipinski definition) is 0. The Morgan fingerprint density at radius 2 is 0.553 bits per heavy atom. The molecule has 2 heteroatoms. The van der Waals surface area contributed by atoms with Crippen LogP contribution in [0.25, 0.3) is 33.4 Å². The lowest BCUT2D eigenvalue weighted by atomic mass is 10.1. The molecule has 0 saturated heterocycles. The van der Waals surface area contributed by atoms with E-state index in [0.717, 1.165) is 49.3 Å². The van der Waals surface area contributed by atoms with Gasteiger partial charge in [-0.15, -0.1) is 0 Å². The first-order valence-corrected chi connectivity index (χ1v) is 14.5. The number of rotatable bonds is 6. The van der Waals surface area contributed by atoms with Gasteiger partial charge in [0.05, 0.1) is 0 Å². The molecule has 0 aliphatic carbocycles. The van der Waals surface area contributed by atoms with Crippen LogP contribution in [0.5, 0.6) is 0 Å². The molecule has 6 rings (SSSR count). The summed E-state index contributed by atoms with van der Waals surface area (Å²) in [5.41, 5.74) is 6.50. The van der Waals surface area contributed by atoms with Crippen LogP contribution in [-0.4, -0.2) is 0 Å². The van der Waals surface area contributed by atoms with Gasteiger partial charge in [-0.1, -0.05) is 146 Å². The molecule has 0 amide bonds. The first kappa shape index (κ1) is 23.9.